The number of amides is 2. The first kappa shape index (κ1) is 21.6. The highest BCUT2D eigenvalue weighted by Crippen LogP contribution is 2.32. The van der Waals surface area contributed by atoms with Gasteiger partial charge in [-0.15, -0.1) is 0 Å². The van der Waals surface area contributed by atoms with Crippen molar-refractivity contribution in [3.63, 3.8) is 0 Å². The van der Waals surface area contributed by atoms with Gasteiger partial charge in [0.05, 0.1) is 10.8 Å². The lowest BCUT2D eigenvalue weighted by atomic mass is 9.92. The molecule has 0 saturated carbocycles. The highest BCUT2D eigenvalue weighted by Gasteiger charge is 2.37. The maximum atomic E-state index is 12.8. The summed E-state index contributed by atoms with van der Waals surface area (Å²) in [5.41, 5.74) is 6.06. The molecule has 1 aliphatic heterocycles. The van der Waals surface area contributed by atoms with E-state index in [0.29, 0.717) is 0 Å². The monoisotopic (exact) mass is 440 g/mol. The lowest BCUT2D eigenvalue weighted by Crippen LogP contribution is -2.37. The summed E-state index contributed by atoms with van der Waals surface area (Å²) in [6, 6.07) is 9.09. The van der Waals surface area contributed by atoms with Crippen molar-refractivity contribution in [1.29, 1.82) is 0 Å². The normalized spacial score (nSPS) is 18.7. The van der Waals surface area contributed by atoms with Crippen LogP contribution in [-0.4, -0.2) is 26.8 Å². The third kappa shape index (κ3) is 4.24. The summed E-state index contributed by atoms with van der Waals surface area (Å²) in [5, 5.41) is 0. The van der Waals surface area contributed by atoms with Crippen molar-refractivity contribution in [2.45, 2.75) is 57.8 Å². The predicted molar refractivity (Wildman–Crippen MR) is 120 cm³/mol. The van der Waals surface area contributed by atoms with E-state index in [-0.39, 0.29) is 23.8 Å². The van der Waals surface area contributed by atoms with Crippen LogP contribution in [0.1, 0.15) is 47.1 Å². The zero-order valence-corrected chi connectivity index (χ0v) is 19.0. The molecule has 2 aliphatic rings. The Morgan fingerprint density at radius 3 is 2.32 bits per heavy atom. The first-order valence-electron chi connectivity index (χ1n) is 10.7. The molecular formula is C24H28N2O4S. The second-order valence-electron chi connectivity index (χ2n) is 8.76. The number of hydrogen-bond donors (Lipinski definition) is 1. The summed E-state index contributed by atoms with van der Waals surface area (Å²) in [6.45, 7) is 6.06. The van der Waals surface area contributed by atoms with E-state index in [1.807, 2.05) is 39.0 Å². The van der Waals surface area contributed by atoms with E-state index in [2.05, 4.69) is 4.72 Å². The molecule has 1 heterocycles. The minimum Gasteiger partial charge on any atom is -0.311 e. The van der Waals surface area contributed by atoms with Gasteiger partial charge >= 0.3 is 0 Å². The van der Waals surface area contributed by atoms with Crippen LogP contribution in [0.25, 0.3) is 0 Å². The number of hydrogen-bond acceptors (Lipinski definition) is 4. The van der Waals surface area contributed by atoms with Gasteiger partial charge in [-0.25, -0.2) is 13.1 Å². The van der Waals surface area contributed by atoms with Crippen molar-refractivity contribution in [3.05, 3.63) is 58.1 Å². The molecule has 1 fully saturated rings. The van der Waals surface area contributed by atoms with Gasteiger partial charge in [0.25, 0.3) is 10.0 Å². The fraction of sp³-hybridized carbons (Fsp3) is 0.417. The Hall–Kier alpha value is -2.67. The van der Waals surface area contributed by atoms with Gasteiger partial charge in [-0.05, 0) is 80.8 Å². The number of nitrogens with zero attached hydrogens (tertiary/aromatic N) is 1. The van der Waals surface area contributed by atoms with Gasteiger partial charge < -0.3 is 4.90 Å². The molecule has 0 aromatic heterocycles. The number of fused-ring (bicyclic) bond motifs is 1. The summed E-state index contributed by atoms with van der Waals surface area (Å²) in [5.74, 6) is -1.50. The minimum absolute atomic E-state index is 0.00169. The van der Waals surface area contributed by atoms with E-state index in [4.69, 9.17) is 0 Å². The van der Waals surface area contributed by atoms with Gasteiger partial charge in [0.1, 0.15) is 0 Å². The molecule has 164 valence electrons. The molecule has 0 radical (unpaired) electrons. The topological polar surface area (TPSA) is 83.6 Å². The Morgan fingerprint density at radius 1 is 1.00 bits per heavy atom. The molecular weight excluding hydrogens is 412 g/mol. The molecule has 2 amide bonds. The number of carbonyl (C=O) groups is 2. The quantitative estimate of drug-likeness (QED) is 0.790. The van der Waals surface area contributed by atoms with Crippen LogP contribution in [0.2, 0.25) is 0 Å². The van der Waals surface area contributed by atoms with Crippen LogP contribution in [-0.2, 0) is 32.5 Å². The molecule has 2 aromatic carbocycles. The summed E-state index contributed by atoms with van der Waals surface area (Å²) < 4.78 is 27.9. The standard InChI is InChI=1S/C24H28N2O4S/c1-15-10-16(2)23(17(3)11-15)26-14-20(13-22(26)27)24(28)25-31(29,30)21-9-8-18-6-4-5-7-19(18)12-21/h8-12,20H,4-7,13-14H2,1-3H3,(H,25,28). The fourth-order valence-electron chi connectivity index (χ4n) is 4.85. The molecule has 1 aliphatic carbocycles. The number of sulfonamides is 1. The number of nitrogens with one attached hydrogen (secondary N) is 1. The third-order valence-corrected chi connectivity index (χ3v) is 7.61. The van der Waals surface area contributed by atoms with E-state index in [1.165, 1.54) is 5.56 Å². The highest BCUT2D eigenvalue weighted by atomic mass is 32.2. The van der Waals surface area contributed by atoms with Gasteiger partial charge in [0.15, 0.2) is 0 Å². The van der Waals surface area contributed by atoms with E-state index >= 15 is 0 Å². The van der Waals surface area contributed by atoms with Crippen LogP contribution in [0.5, 0.6) is 0 Å². The molecule has 31 heavy (non-hydrogen) atoms. The van der Waals surface area contributed by atoms with Crippen molar-refractivity contribution < 1.29 is 18.0 Å². The lowest BCUT2D eigenvalue weighted by Gasteiger charge is -2.22. The number of anilines is 1. The minimum atomic E-state index is -3.98. The summed E-state index contributed by atoms with van der Waals surface area (Å²) in [6.07, 6.45) is 3.97. The number of aryl methyl sites for hydroxylation is 5. The Labute approximate surface area is 183 Å². The molecule has 1 N–H and O–H groups in total. The number of benzene rings is 2. The second kappa shape index (κ2) is 8.11. The van der Waals surface area contributed by atoms with Crippen LogP contribution >= 0.6 is 0 Å². The molecule has 0 bridgehead atoms. The molecule has 1 unspecified atom stereocenters. The fourth-order valence-corrected chi connectivity index (χ4v) is 5.94. The van der Waals surface area contributed by atoms with Crippen LogP contribution in [0.15, 0.2) is 35.2 Å². The van der Waals surface area contributed by atoms with Gasteiger partial charge in [0.2, 0.25) is 11.8 Å². The maximum Gasteiger partial charge on any atom is 0.264 e. The molecule has 4 rings (SSSR count). The largest absolute Gasteiger partial charge is 0.311 e. The average Bonchev–Trinajstić information content (AvgIpc) is 3.08. The maximum absolute atomic E-state index is 12.8. The second-order valence-corrected chi connectivity index (χ2v) is 10.4. The van der Waals surface area contributed by atoms with E-state index in [0.717, 1.165) is 53.6 Å². The van der Waals surface area contributed by atoms with Crippen molar-refractivity contribution in [2.24, 2.45) is 5.92 Å². The summed E-state index contributed by atoms with van der Waals surface area (Å²) in [4.78, 5) is 27.2. The van der Waals surface area contributed by atoms with E-state index in [1.54, 1.807) is 17.0 Å². The molecule has 1 saturated heterocycles. The van der Waals surface area contributed by atoms with Crippen LogP contribution in [0.4, 0.5) is 5.69 Å². The molecule has 7 heteroatoms. The Bertz CT molecular complexity index is 1150. The lowest BCUT2D eigenvalue weighted by molar-refractivity contribution is -0.124. The Morgan fingerprint density at radius 2 is 1.65 bits per heavy atom. The van der Waals surface area contributed by atoms with Crippen LogP contribution in [0, 0.1) is 26.7 Å². The van der Waals surface area contributed by atoms with Crippen molar-refractivity contribution in [1.82, 2.24) is 4.72 Å². The smallest absolute Gasteiger partial charge is 0.264 e. The number of rotatable bonds is 4. The SMILES string of the molecule is Cc1cc(C)c(N2CC(C(=O)NS(=O)(=O)c3ccc4c(c3)CCCC4)CC2=O)c(C)c1. The van der Waals surface area contributed by atoms with Crippen LogP contribution in [0.3, 0.4) is 0 Å². The molecule has 2 aromatic rings. The van der Waals surface area contributed by atoms with Gasteiger partial charge in [-0.3, -0.25) is 9.59 Å². The van der Waals surface area contributed by atoms with Gasteiger partial charge in [-0.2, -0.15) is 0 Å². The van der Waals surface area contributed by atoms with Gasteiger partial charge in [0, 0.05) is 18.7 Å². The first-order valence-corrected chi connectivity index (χ1v) is 12.2. The predicted octanol–water partition coefficient (Wildman–Crippen LogP) is 3.35. The van der Waals surface area contributed by atoms with Crippen molar-refractivity contribution in [3.8, 4) is 0 Å². The van der Waals surface area contributed by atoms with Gasteiger partial charge in [-0.1, -0.05) is 23.8 Å². The van der Waals surface area contributed by atoms with Crippen molar-refractivity contribution >= 4 is 27.5 Å². The van der Waals surface area contributed by atoms with E-state index in [9.17, 15) is 18.0 Å². The summed E-state index contributed by atoms with van der Waals surface area (Å²) in [7, 11) is -3.98. The zero-order chi connectivity index (χ0) is 22.3. The van der Waals surface area contributed by atoms with Crippen LogP contribution < -0.4 is 9.62 Å². The molecule has 6 nitrogen and oxygen atoms in total. The van der Waals surface area contributed by atoms with Crippen molar-refractivity contribution in [2.75, 3.05) is 11.4 Å². The molecule has 1 atom stereocenters. The highest BCUT2D eigenvalue weighted by molar-refractivity contribution is 7.90. The van der Waals surface area contributed by atoms with E-state index < -0.39 is 21.8 Å². The first-order chi connectivity index (χ1) is 14.7. The zero-order valence-electron chi connectivity index (χ0n) is 18.2. The number of carbonyl (C=O) groups excluding carboxylic acids is 2. The average molecular weight is 441 g/mol. The summed E-state index contributed by atoms with van der Waals surface area (Å²) >= 11 is 0. The Balaban J connectivity index is 1.51. The molecule has 0 spiro atoms. The Kier molecular flexibility index (Phi) is 5.64. The third-order valence-electron chi connectivity index (χ3n) is 6.27.